The average Bonchev–Trinajstić information content (AvgIpc) is 3.41. The molecule has 0 saturated heterocycles. The summed E-state index contributed by atoms with van der Waals surface area (Å²) in [7, 11) is -4.77. The lowest BCUT2D eigenvalue weighted by Crippen LogP contribution is -2.30. The zero-order chi connectivity index (χ0) is 55.5. The Morgan fingerprint density at radius 1 is 0.382 bits per heavy atom. The lowest BCUT2D eigenvalue weighted by molar-refractivity contribution is -0.161. The Bertz CT molecular complexity index is 1600. The molecule has 11 nitrogen and oxygen atoms in total. The third-order valence-corrected chi connectivity index (χ3v) is 13.7. The van der Waals surface area contributed by atoms with E-state index in [0.717, 1.165) is 109 Å². The molecule has 0 aromatic heterocycles. The molecule has 2 N–H and O–H groups in total. The third-order valence-electron chi connectivity index (χ3n) is 12.8. The number of esters is 3. The van der Waals surface area contributed by atoms with Crippen molar-refractivity contribution in [3.05, 3.63) is 85.1 Å². The van der Waals surface area contributed by atoms with E-state index in [1.807, 2.05) is 0 Å². The number of ether oxygens (including phenoxy) is 3. The molecule has 0 bridgehead atoms. The van der Waals surface area contributed by atoms with Crippen molar-refractivity contribution in [2.75, 3.05) is 26.4 Å². The number of carbonyl (C=O) groups is 3. The summed E-state index contributed by atoms with van der Waals surface area (Å²) in [4.78, 5) is 48.6. The number of aliphatic hydroxyl groups is 1. The fraction of sp³-hybridized carbons (Fsp3) is 0.734. The molecule has 0 heterocycles. The highest BCUT2D eigenvalue weighted by molar-refractivity contribution is 7.47. The van der Waals surface area contributed by atoms with Gasteiger partial charge in [-0.15, -0.1) is 0 Å². The predicted molar refractivity (Wildman–Crippen MR) is 316 cm³/mol. The Balaban J connectivity index is 4.77. The predicted octanol–water partition coefficient (Wildman–Crippen LogP) is 18.3. The molecule has 76 heavy (non-hydrogen) atoms. The fourth-order valence-electron chi connectivity index (χ4n) is 8.14. The quantitative estimate of drug-likeness (QED) is 0.0197. The minimum atomic E-state index is -4.77. The van der Waals surface area contributed by atoms with Crippen LogP contribution in [-0.2, 0) is 42.2 Å². The minimum Gasteiger partial charge on any atom is -0.462 e. The van der Waals surface area contributed by atoms with Crippen molar-refractivity contribution in [1.82, 2.24) is 0 Å². The average molecular weight is 1090 g/mol. The fourth-order valence-corrected chi connectivity index (χ4v) is 8.92. The van der Waals surface area contributed by atoms with Gasteiger partial charge in [-0.3, -0.25) is 23.4 Å². The molecule has 0 aromatic carbocycles. The van der Waals surface area contributed by atoms with E-state index in [2.05, 4.69) is 106 Å². The van der Waals surface area contributed by atoms with Crippen LogP contribution in [0.2, 0.25) is 0 Å². The van der Waals surface area contributed by atoms with Crippen LogP contribution < -0.4 is 0 Å². The number of phosphoric acid groups is 1. The Morgan fingerprint density at radius 2 is 0.684 bits per heavy atom. The maximum Gasteiger partial charge on any atom is 0.472 e. The van der Waals surface area contributed by atoms with Gasteiger partial charge in [-0.25, -0.2) is 4.57 Å². The Labute approximate surface area is 464 Å². The van der Waals surface area contributed by atoms with Gasteiger partial charge in [0.25, 0.3) is 0 Å². The highest BCUT2D eigenvalue weighted by Crippen LogP contribution is 2.43. The minimum absolute atomic E-state index is 0.151. The summed E-state index contributed by atoms with van der Waals surface area (Å²) in [5, 5.41) is 9.83. The third kappa shape index (κ3) is 55.4. The van der Waals surface area contributed by atoms with Crippen LogP contribution in [0, 0.1) is 0 Å². The molecule has 12 heteroatoms. The number of carbonyl (C=O) groups excluding carboxylic acids is 3. The second-order valence-corrected chi connectivity index (χ2v) is 21.6. The van der Waals surface area contributed by atoms with Crippen LogP contribution in [-0.4, -0.2) is 66.5 Å². The van der Waals surface area contributed by atoms with Crippen molar-refractivity contribution >= 4 is 25.7 Å². The van der Waals surface area contributed by atoms with Crippen molar-refractivity contribution in [2.45, 2.75) is 277 Å². The number of unbranched alkanes of at least 4 members (excludes halogenated alkanes) is 25. The first-order chi connectivity index (χ1) is 37.2. The van der Waals surface area contributed by atoms with Gasteiger partial charge in [0.2, 0.25) is 0 Å². The van der Waals surface area contributed by atoms with Gasteiger partial charge >= 0.3 is 25.7 Å². The SMILES string of the molecule is CC/C=C\C/C=C\C/C=C\C/C=C\CCCCC(=O)OCC(COP(=O)(O)OCC(CO)OC(=O)CCCCCCC/C=C\CCCCCCCC)OC(=O)CCCCCCCCCCC/C=C\C/C=C\CCCCC. The first-order valence-corrected chi connectivity index (χ1v) is 32.0. The largest absolute Gasteiger partial charge is 0.472 e. The summed E-state index contributed by atoms with van der Waals surface area (Å²) >= 11 is 0. The summed E-state index contributed by atoms with van der Waals surface area (Å²) < 4.78 is 39.6. The Morgan fingerprint density at radius 3 is 1.12 bits per heavy atom. The second kappa shape index (κ2) is 57.8. The number of rotatable bonds is 56. The molecule has 3 atom stereocenters. The maximum absolute atomic E-state index is 12.9. The standard InChI is InChI=1S/C64H111O11P/c1-4-7-10-13-16-19-22-25-28-29-30-31-34-37-40-43-46-49-52-55-64(68)75-61(57-71-62(66)53-50-47-44-41-38-35-32-26-23-20-17-14-11-8-5-2)59-73-76(69,70)72-58-60(56-65)74-63(67)54-51-48-45-42-39-36-33-27-24-21-18-15-12-9-6-3/h8,11,16-17,19-20,25-28,32-33,38,41,60-61,65H,4-7,9-10,12-15,18,21-24,29-31,34-37,39-40,42-59H2,1-3H3,(H,69,70)/b11-8-,19-16-,20-17-,28-25-,32-26-,33-27-,41-38-. The van der Waals surface area contributed by atoms with Gasteiger partial charge < -0.3 is 24.2 Å². The molecule has 0 aromatic rings. The number of phosphoric ester groups is 1. The zero-order valence-corrected chi connectivity index (χ0v) is 49.3. The highest BCUT2D eigenvalue weighted by atomic mass is 31.2. The van der Waals surface area contributed by atoms with Gasteiger partial charge in [-0.1, -0.05) is 215 Å². The molecule has 0 amide bonds. The first kappa shape index (κ1) is 72.7. The van der Waals surface area contributed by atoms with E-state index < -0.39 is 57.8 Å². The topological polar surface area (TPSA) is 155 Å². The lowest BCUT2D eigenvalue weighted by atomic mass is 10.1. The molecule has 0 rings (SSSR count). The molecule has 438 valence electrons. The van der Waals surface area contributed by atoms with Crippen molar-refractivity contribution < 1.29 is 52.2 Å². The molecule has 0 radical (unpaired) electrons. The van der Waals surface area contributed by atoms with Crippen LogP contribution in [0.25, 0.3) is 0 Å². The number of aliphatic hydroxyl groups excluding tert-OH is 1. The van der Waals surface area contributed by atoms with E-state index in [4.69, 9.17) is 23.3 Å². The number of hydrogen-bond acceptors (Lipinski definition) is 10. The van der Waals surface area contributed by atoms with Gasteiger partial charge in [0, 0.05) is 19.3 Å². The molecule has 0 saturated carbocycles. The molecule has 3 unspecified atom stereocenters. The van der Waals surface area contributed by atoms with E-state index in [9.17, 15) is 28.9 Å². The van der Waals surface area contributed by atoms with Gasteiger partial charge in [-0.05, 0) is 116 Å². The van der Waals surface area contributed by atoms with Crippen LogP contribution in [0.4, 0.5) is 0 Å². The van der Waals surface area contributed by atoms with Crippen LogP contribution in [0.3, 0.4) is 0 Å². The van der Waals surface area contributed by atoms with E-state index in [-0.39, 0.29) is 25.9 Å². The lowest BCUT2D eigenvalue weighted by Gasteiger charge is -2.21. The van der Waals surface area contributed by atoms with Gasteiger partial charge in [0.15, 0.2) is 6.10 Å². The summed E-state index contributed by atoms with van der Waals surface area (Å²) in [6.45, 7) is 4.46. The number of hydrogen-bond donors (Lipinski definition) is 2. The van der Waals surface area contributed by atoms with Crippen LogP contribution in [0.1, 0.15) is 265 Å². The molecule has 0 aliphatic carbocycles. The van der Waals surface area contributed by atoms with Crippen molar-refractivity contribution in [2.24, 2.45) is 0 Å². The summed E-state index contributed by atoms with van der Waals surface area (Å²) in [5.74, 6) is -1.52. The molecular formula is C64H111O11P. The summed E-state index contributed by atoms with van der Waals surface area (Å²) in [6.07, 6.45) is 66.8. The smallest absolute Gasteiger partial charge is 0.462 e. The molecule has 0 fully saturated rings. The Hall–Kier alpha value is -3.34. The van der Waals surface area contributed by atoms with Crippen molar-refractivity contribution in [3.63, 3.8) is 0 Å². The first-order valence-electron chi connectivity index (χ1n) is 30.5. The molecule has 0 aliphatic heterocycles. The summed E-state index contributed by atoms with van der Waals surface area (Å²) in [5.41, 5.74) is 0. The van der Waals surface area contributed by atoms with Crippen LogP contribution >= 0.6 is 7.82 Å². The highest BCUT2D eigenvalue weighted by Gasteiger charge is 2.28. The molecular weight excluding hydrogens is 976 g/mol. The molecule has 0 spiro atoms. The van der Waals surface area contributed by atoms with Crippen LogP contribution in [0.5, 0.6) is 0 Å². The Kier molecular flexibility index (Phi) is 55.3. The number of allylic oxidation sites excluding steroid dienone is 14. The van der Waals surface area contributed by atoms with Crippen molar-refractivity contribution in [1.29, 1.82) is 0 Å². The van der Waals surface area contributed by atoms with E-state index in [1.165, 1.54) is 96.3 Å². The summed E-state index contributed by atoms with van der Waals surface area (Å²) in [6, 6.07) is 0. The van der Waals surface area contributed by atoms with Gasteiger partial charge in [-0.2, -0.15) is 0 Å². The van der Waals surface area contributed by atoms with Gasteiger partial charge in [0.1, 0.15) is 12.7 Å². The second-order valence-electron chi connectivity index (χ2n) is 20.1. The molecule has 0 aliphatic rings. The van der Waals surface area contributed by atoms with Gasteiger partial charge in [0.05, 0.1) is 19.8 Å². The monoisotopic (exact) mass is 1090 g/mol. The normalized spacial score (nSPS) is 13.9. The zero-order valence-electron chi connectivity index (χ0n) is 48.5. The van der Waals surface area contributed by atoms with E-state index in [1.54, 1.807) is 0 Å². The maximum atomic E-state index is 12.9. The van der Waals surface area contributed by atoms with Crippen LogP contribution in [0.15, 0.2) is 85.1 Å². The van der Waals surface area contributed by atoms with E-state index in [0.29, 0.717) is 19.3 Å². The van der Waals surface area contributed by atoms with E-state index >= 15 is 0 Å². The van der Waals surface area contributed by atoms with Crippen molar-refractivity contribution in [3.8, 4) is 0 Å².